The number of benzene rings is 1. The monoisotopic (exact) mass is 618 g/mol. The van der Waals surface area contributed by atoms with Crippen LogP contribution in [0, 0.1) is 5.92 Å². The molecule has 0 aliphatic heterocycles. The van der Waals surface area contributed by atoms with Gasteiger partial charge >= 0.3 is 5.97 Å². The van der Waals surface area contributed by atoms with Crippen LogP contribution in [0.4, 0.5) is 0 Å². The molecular weight excluding hydrogens is 556 g/mol. The Morgan fingerprint density at radius 2 is 1.60 bits per heavy atom. The Balaban J connectivity index is 0.000000827. The van der Waals surface area contributed by atoms with Crippen molar-refractivity contribution in [2.24, 2.45) is 5.92 Å². The number of hydrogen-bond donors (Lipinski definition) is 0. The Morgan fingerprint density at radius 3 is 2.30 bits per heavy atom. The fraction of sp³-hybridized carbons (Fsp3) is 0.703. The maximum atomic E-state index is 11.6. The molecule has 0 spiro atoms. The normalized spacial score (nSPS) is 11.6. The number of ether oxygens (including phenoxy) is 2. The largest absolute Gasteiger partial charge is 0.466 e. The molecule has 0 heterocycles. The minimum absolute atomic E-state index is 0.106. The van der Waals surface area contributed by atoms with Crippen molar-refractivity contribution >= 4 is 29.8 Å². The van der Waals surface area contributed by atoms with E-state index in [0.717, 1.165) is 62.7 Å². The molecule has 0 aromatic heterocycles. The lowest BCUT2D eigenvalue weighted by Crippen LogP contribution is -2.07. The predicted molar refractivity (Wildman–Crippen MR) is 184 cm³/mol. The number of hydrogen-bond acceptors (Lipinski definition) is 6. The average Bonchev–Trinajstić information content (AvgIpc) is 3.00. The molecule has 43 heavy (non-hydrogen) atoms. The highest BCUT2D eigenvalue weighted by Crippen LogP contribution is 2.14. The minimum atomic E-state index is -0.106. The fourth-order valence-corrected chi connectivity index (χ4v) is 5.40. The number of allylic oxidation sites excluding steroid dienone is 2. The van der Waals surface area contributed by atoms with Gasteiger partial charge in [0.15, 0.2) is 0 Å². The number of ketones is 1. The third kappa shape index (κ3) is 27.4. The first-order valence-electron chi connectivity index (χ1n) is 16.9. The molecule has 246 valence electrons. The van der Waals surface area contributed by atoms with Gasteiger partial charge in [-0.05, 0) is 67.1 Å². The van der Waals surface area contributed by atoms with Crippen LogP contribution in [0.15, 0.2) is 36.4 Å². The second-order valence-electron chi connectivity index (χ2n) is 11.2. The van der Waals surface area contributed by atoms with E-state index in [1.54, 1.807) is 7.11 Å². The number of aryl methyl sites for hydroxylation is 1. The van der Waals surface area contributed by atoms with Crippen molar-refractivity contribution in [1.82, 2.24) is 0 Å². The van der Waals surface area contributed by atoms with E-state index in [1.165, 1.54) is 43.2 Å². The van der Waals surface area contributed by atoms with Crippen LogP contribution in [0.3, 0.4) is 0 Å². The average molecular weight is 619 g/mol. The molecule has 1 rings (SSSR count). The summed E-state index contributed by atoms with van der Waals surface area (Å²) in [5.74, 6) is 2.78. The predicted octanol–water partition coefficient (Wildman–Crippen LogP) is 9.88. The third-order valence-electron chi connectivity index (χ3n) is 7.16. The lowest BCUT2D eigenvalue weighted by molar-refractivity contribution is -0.144. The van der Waals surface area contributed by atoms with Gasteiger partial charge in [0.1, 0.15) is 12.1 Å². The molecule has 1 aromatic rings. The summed E-state index contributed by atoms with van der Waals surface area (Å²) < 4.78 is 10.3. The van der Waals surface area contributed by atoms with Crippen molar-refractivity contribution in [3.63, 3.8) is 0 Å². The van der Waals surface area contributed by atoms with Gasteiger partial charge in [-0.2, -0.15) is 11.8 Å². The van der Waals surface area contributed by atoms with Gasteiger partial charge in [-0.1, -0.05) is 102 Å². The Bertz CT molecular complexity index is 838. The summed E-state index contributed by atoms with van der Waals surface area (Å²) in [7, 11) is 1.72. The topological polar surface area (TPSA) is 69.7 Å². The molecule has 5 nitrogen and oxygen atoms in total. The van der Waals surface area contributed by atoms with Crippen LogP contribution in [-0.2, 0) is 36.9 Å². The van der Waals surface area contributed by atoms with Gasteiger partial charge in [0, 0.05) is 32.8 Å². The lowest BCUT2D eigenvalue weighted by atomic mass is 9.99. The smallest absolute Gasteiger partial charge is 0.305 e. The Labute approximate surface area is 268 Å². The summed E-state index contributed by atoms with van der Waals surface area (Å²) in [6.45, 7) is 7.57. The van der Waals surface area contributed by atoms with Crippen molar-refractivity contribution in [2.45, 2.75) is 137 Å². The number of esters is 1. The Kier molecular flexibility index (Phi) is 30.1. The van der Waals surface area contributed by atoms with E-state index in [4.69, 9.17) is 9.47 Å². The highest BCUT2D eigenvalue weighted by molar-refractivity contribution is 7.99. The van der Waals surface area contributed by atoms with Gasteiger partial charge < -0.3 is 14.3 Å². The molecule has 0 radical (unpaired) electrons. The first-order chi connectivity index (χ1) is 21.0. The van der Waals surface area contributed by atoms with Crippen LogP contribution in [0.1, 0.15) is 135 Å². The maximum absolute atomic E-state index is 11.6. The number of aldehydes is 1. The van der Waals surface area contributed by atoms with Crippen molar-refractivity contribution in [3.05, 3.63) is 47.5 Å². The zero-order valence-electron chi connectivity index (χ0n) is 27.9. The van der Waals surface area contributed by atoms with Gasteiger partial charge in [0.05, 0.1) is 13.2 Å². The van der Waals surface area contributed by atoms with Crippen LogP contribution in [-0.4, -0.2) is 43.3 Å². The van der Waals surface area contributed by atoms with Gasteiger partial charge in [0.25, 0.3) is 0 Å². The van der Waals surface area contributed by atoms with Crippen LogP contribution in [0.5, 0.6) is 0 Å². The van der Waals surface area contributed by atoms with E-state index >= 15 is 0 Å². The third-order valence-corrected chi connectivity index (χ3v) is 8.15. The van der Waals surface area contributed by atoms with E-state index in [-0.39, 0.29) is 5.97 Å². The summed E-state index contributed by atoms with van der Waals surface area (Å²) in [6, 6.07) is 8.53. The molecule has 1 aromatic carbocycles. The highest BCUT2D eigenvalue weighted by atomic mass is 32.2. The first kappa shape index (κ1) is 41.1. The fourth-order valence-electron chi connectivity index (χ4n) is 4.76. The zero-order chi connectivity index (χ0) is 31.8. The quantitative estimate of drug-likeness (QED) is 0.0423. The second kappa shape index (κ2) is 31.5. The van der Waals surface area contributed by atoms with E-state index < -0.39 is 0 Å². The van der Waals surface area contributed by atoms with Crippen LogP contribution in [0.25, 0.3) is 0 Å². The van der Waals surface area contributed by atoms with Gasteiger partial charge in [-0.3, -0.25) is 9.59 Å². The van der Waals surface area contributed by atoms with Crippen LogP contribution in [0.2, 0.25) is 0 Å². The molecular formula is C37H62O5S. The summed E-state index contributed by atoms with van der Waals surface area (Å²) in [5, 5.41) is 0. The van der Waals surface area contributed by atoms with Crippen LogP contribution < -0.4 is 0 Å². The van der Waals surface area contributed by atoms with Crippen LogP contribution >= 0.6 is 11.8 Å². The molecule has 6 heteroatoms. The van der Waals surface area contributed by atoms with Gasteiger partial charge in [-0.25, -0.2) is 0 Å². The van der Waals surface area contributed by atoms with Crippen molar-refractivity contribution in [3.8, 4) is 0 Å². The second-order valence-corrected chi connectivity index (χ2v) is 12.6. The molecule has 0 aliphatic rings. The zero-order valence-corrected chi connectivity index (χ0v) is 28.7. The Morgan fingerprint density at radius 1 is 0.884 bits per heavy atom. The Hall–Kier alpha value is -1.92. The summed E-state index contributed by atoms with van der Waals surface area (Å²) >= 11 is 1.88. The molecule has 1 unspecified atom stereocenters. The molecule has 0 saturated carbocycles. The molecule has 0 amide bonds. The summed E-state index contributed by atoms with van der Waals surface area (Å²) in [6.07, 6.45) is 22.2. The van der Waals surface area contributed by atoms with E-state index in [1.807, 2.05) is 11.8 Å². The number of rotatable bonds is 27. The molecule has 0 aliphatic carbocycles. The van der Waals surface area contributed by atoms with E-state index in [0.29, 0.717) is 57.0 Å². The molecule has 1 atom stereocenters. The number of methoxy groups -OCH3 is 1. The highest BCUT2D eigenvalue weighted by Gasteiger charge is 2.05. The number of thioether (sulfide) groups is 1. The van der Waals surface area contributed by atoms with E-state index in [2.05, 4.69) is 57.2 Å². The lowest BCUT2D eigenvalue weighted by Gasteiger charge is -2.07. The van der Waals surface area contributed by atoms with Gasteiger partial charge in [0.2, 0.25) is 0 Å². The van der Waals surface area contributed by atoms with E-state index in [9.17, 15) is 14.4 Å². The number of unbranched alkanes of at least 4 members (excludes halogenated alkanes) is 6. The first-order valence-corrected chi connectivity index (χ1v) is 18.1. The summed E-state index contributed by atoms with van der Waals surface area (Å²) in [5.41, 5.74) is 2.56. The van der Waals surface area contributed by atoms with Crippen molar-refractivity contribution in [2.75, 3.05) is 25.2 Å². The SMILES string of the molecule is CCCC(/C=C/CCc1cccc(COC)c1)CC=O.CCCCCCCCCC(=O)OCCCC(=O)CCCSCC. The number of carbonyl (C=O) groups excluding carboxylic acids is 3. The number of Topliss-reactive ketones (excluding diaryl/α,β-unsaturated/α-hetero) is 1. The van der Waals surface area contributed by atoms with Gasteiger partial charge in [-0.15, -0.1) is 0 Å². The summed E-state index contributed by atoms with van der Waals surface area (Å²) in [4.78, 5) is 33.8. The standard InChI is InChI=1S/C19H36O3S.C18H26O2/c1-3-5-6-7-8-9-10-15-19(21)22-16-11-13-18(20)14-12-17-23-4-2;1-3-7-16(12-13-19)8-4-5-9-17-10-6-11-18(14-17)15-20-2/h3-17H2,1-2H3;4,6,8,10-11,13-14,16H,3,5,7,9,12,15H2,1-2H3/b;8-4+. The number of carbonyl (C=O) groups is 3. The molecule has 0 N–H and O–H groups in total. The maximum Gasteiger partial charge on any atom is 0.305 e. The van der Waals surface area contributed by atoms with Crippen molar-refractivity contribution in [1.29, 1.82) is 0 Å². The molecule has 0 saturated heterocycles. The molecule has 0 bridgehead atoms. The molecule has 0 fully saturated rings. The minimum Gasteiger partial charge on any atom is -0.466 e. The van der Waals surface area contributed by atoms with Crippen molar-refractivity contribution < 1.29 is 23.9 Å².